The molecule has 1 heterocycles. The molecule has 98 valence electrons. The van der Waals surface area contributed by atoms with Gasteiger partial charge in [-0.25, -0.2) is 0 Å². The van der Waals surface area contributed by atoms with E-state index < -0.39 is 0 Å². The molecule has 0 spiro atoms. The zero-order chi connectivity index (χ0) is 12.8. The number of nitrogens with one attached hydrogen (secondary N) is 2. The van der Waals surface area contributed by atoms with Crippen molar-refractivity contribution >= 4 is 11.8 Å². The summed E-state index contributed by atoms with van der Waals surface area (Å²) in [7, 11) is 1.97. The van der Waals surface area contributed by atoms with Crippen LogP contribution in [0.15, 0.2) is 24.4 Å². The van der Waals surface area contributed by atoms with Gasteiger partial charge in [0.2, 0.25) is 0 Å². The van der Waals surface area contributed by atoms with Gasteiger partial charge in [-0.15, -0.1) is 0 Å². The third-order valence-corrected chi connectivity index (χ3v) is 3.13. The van der Waals surface area contributed by atoms with E-state index in [0.717, 1.165) is 26.2 Å². The number of benzene rings is 1. The van der Waals surface area contributed by atoms with E-state index in [2.05, 4.69) is 46.0 Å². The topological polar surface area (TPSA) is 53.3 Å². The number of fused-ring (bicyclic) bond motifs is 1. The van der Waals surface area contributed by atoms with Crippen LogP contribution in [0.1, 0.15) is 11.1 Å². The molecule has 4 nitrogen and oxygen atoms in total. The molecule has 0 unspecified atom stereocenters. The first kappa shape index (κ1) is 12.9. The van der Waals surface area contributed by atoms with Gasteiger partial charge in [0.15, 0.2) is 0 Å². The van der Waals surface area contributed by atoms with Crippen molar-refractivity contribution in [1.82, 2.24) is 10.2 Å². The highest BCUT2D eigenvalue weighted by molar-refractivity contribution is 5.70. The molecule has 4 N–H and O–H groups in total. The second-order valence-corrected chi connectivity index (χ2v) is 4.48. The lowest BCUT2D eigenvalue weighted by Gasteiger charge is -2.26. The molecule has 0 saturated heterocycles. The molecule has 0 amide bonds. The summed E-state index contributed by atoms with van der Waals surface area (Å²) in [5, 5.41) is 6.60. The molecule has 0 atom stereocenters. The van der Waals surface area contributed by atoms with E-state index >= 15 is 0 Å². The van der Waals surface area contributed by atoms with Crippen molar-refractivity contribution in [2.24, 2.45) is 5.73 Å². The first-order chi connectivity index (χ1) is 8.85. The molecular weight excluding hydrogens is 224 g/mol. The molecule has 0 saturated carbocycles. The van der Waals surface area contributed by atoms with Gasteiger partial charge in [-0.3, -0.25) is 0 Å². The van der Waals surface area contributed by atoms with Gasteiger partial charge in [0.05, 0.1) is 0 Å². The summed E-state index contributed by atoms with van der Waals surface area (Å²) < 4.78 is 0. The van der Waals surface area contributed by atoms with Crippen LogP contribution in [0.5, 0.6) is 0 Å². The molecule has 2 rings (SSSR count). The SMILES string of the molecule is CNCCNc1cccc2c1C=CN(CCN)C2. The number of nitrogens with two attached hydrogens (primary N) is 1. The number of nitrogens with zero attached hydrogens (tertiary/aromatic N) is 1. The third-order valence-electron chi connectivity index (χ3n) is 3.13. The van der Waals surface area contributed by atoms with Gasteiger partial charge in [-0.1, -0.05) is 12.1 Å². The fourth-order valence-corrected chi connectivity index (χ4v) is 2.19. The first-order valence-electron chi connectivity index (χ1n) is 6.48. The van der Waals surface area contributed by atoms with E-state index in [-0.39, 0.29) is 0 Å². The van der Waals surface area contributed by atoms with Crippen molar-refractivity contribution in [3.05, 3.63) is 35.5 Å². The molecule has 0 radical (unpaired) electrons. The minimum absolute atomic E-state index is 0.694. The number of hydrogen-bond donors (Lipinski definition) is 3. The fraction of sp³-hybridized carbons (Fsp3) is 0.429. The summed E-state index contributed by atoms with van der Waals surface area (Å²) in [5.74, 6) is 0. The maximum atomic E-state index is 5.60. The van der Waals surface area contributed by atoms with Crippen LogP contribution in [-0.4, -0.2) is 38.1 Å². The number of rotatable bonds is 6. The second-order valence-electron chi connectivity index (χ2n) is 4.48. The van der Waals surface area contributed by atoms with Crippen LogP contribution < -0.4 is 16.4 Å². The normalized spacial score (nSPS) is 13.6. The second kappa shape index (κ2) is 6.42. The molecule has 1 aliphatic heterocycles. The van der Waals surface area contributed by atoms with Gasteiger partial charge in [0.1, 0.15) is 0 Å². The smallest absolute Gasteiger partial charge is 0.0431 e. The van der Waals surface area contributed by atoms with E-state index in [0.29, 0.717) is 6.54 Å². The van der Waals surface area contributed by atoms with E-state index in [9.17, 15) is 0 Å². The summed E-state index contributed by atoms with van der Waals surface area (Å²) in [6.45, 7) is 4.46. The Morgan fingerprint density at radius 2 is 2.22 bits per heavy atom. The summed E-state index contributed by atoms with van der Waals surface area (Å²) >= 11 is 0. The van der Waals surface area contributed by atoms with Gasteiger partial charge in [-0.2, -0.15) is 0 Å². The van der Waals surface area contributed by atoms with Crippen molar-refractivity contribution in [2.45, 2.75) is 6.54 Å². The minimum atomic E-state index is 0.694. The largest absolute Gasteiger partial charge is 0.383 e. The van der Waals surface area contributed by atoms with Crippen LogP contribution in [0.3, 0.4) is 0 Å². The molecule has 1 aromatic carbocycles. The van der Waals surface area contributed by atoms with E-state index in [1.54, 1.807) is 0 Å². The Morgan fingerprint density at radius 3 is 3.00 bits per heavy atom. The van der Waals surface area contributed by atoms with Crippen molar-refractivity contribution in [2.75, 3.05) is 38.5 Å². The quantitative estimate of drug-likeness (QED) is 0.657. The van der Waals surface area contributed by atoms with Crippen LogP contribution in [0, 0.1) is 0 Å². The van der Waals surface area contributed by atoms with Gasteiger partial charge >= 0.3 is 0 Å². The summed E-state index contributed by atoms with van der Waals surface area (Å²) in [4.78, 5) is 2.25. The Balaban J connectivity index is 2.09. The van der Waals surface area contributed by atoms with Gasteiger partial charge in [0.25, 0.3) is 0 Å². The molecular formula is C14H22N4. The average Bonchev–Trinajstić information content (AvgIpc) is 2.39. The van der Waals surface area contributed by atoms with E-state index in [1.165, 1.54) is 16.8 Å². The van der Waals surface area contributed by atoms with E-state index in [1.807, 2.05) is 7.05 Å². The fourth-order valence-electron chi connectivity index (χ4n) is 2.19. The van der Waals surface area contributed by atoms with Crippen LogP contribution >= 0.6 is 0 Å². The van der Waals surface area contributed by atoms with Gasteiger partial charge < -0.3 is 21.3 Å². The van der Waals surface area contributed by atoms with Crippen molar-refractivity contribution in [1.29, 1.82) is 0 Å². The molecule has 0 aliphatic carbocycles. The summed E-state index contributed by atoms with van der Waals surface area (Å²) in [6.07, 6.45) is 4.31. The monoisotopic (exact) mass is 246 g/mol. The van der Waals surface area contributed by atoms with Crippen LogP contribution in [0.4, 0.5) is 5.69 Å². The Kier molecular flexibility index (Phi) is 4.61. The minimum Gasteiger partial charge on any atom is -0.383 e. The molecule has 0 fully saturated rings. The van der Waals surface area contributed by atoms with Gasteiger partial charge in [0, 0.05) is 50.2 Å². The van der Waals surface area contributed by atoms with Crippen molar-refractivity contribution < 1.29 is 0 Å². The lowest BCUT2D eigenvalue weighted by molar-refractivity contribution is 0.376. The summed E-state index contributed by atoms with van der Waals surface area (Å²) in [6, 6.07) is 6.43. The summed E-state index contributed by atoms with van der Waals surface area (Å²) in [5.41, 5.74) is 9.48. The Morgan fingerprint density at radius 1 is 1.33 bits per heavy atom. The highest BCUT2D eigenvalue weighted by Crippen LogP contribution is 2.26. The Hall–Kier alpha value is -1.52. The lowest BCUT2D eigenvalue weighted by atomic mass is 10.0. The predicted octanol–water partition coefficient (Wildman–Crippen LogP) is 1.06. The van der Waals surface area contributed by atoms with Crippen molar-refractivity contribution in [3.8, 4) is 0 Å². The van der Waals surface area contributed by atoms with Crippen LogP contribution in [0.25, 0.3) is 6.08 Å². The van der Waals surface area contributed by atoms with E-state index in [4.69, 9.17) is 5.73 Å². The third kappa shape index (κ3) is 3.03. The molecule has 18 heavy (non-hydrogen) atoms. The van der Waals surface area contributed by atoms with Crippen LogP contribution in [-0.2, 0) is 6.54 Å². The number of anilines is 1. The maximum Gasteiger partial charge on any atom is 0.0431 e. The maximum absolute atomic E-state index is 5.60. The van der Waals surface area contributed by atoms with Gasteiger partial charge in [-0.05, 0) is 24.8 Å². The molecule has 0 aromatic heterocycles. The zero-order valence-corrected chi connectivity index (χ0v) is 10.9. The predicted molar refractivity (Wildman–Crippen MR) is 77.4 cm³/mol. The zero-order valence-electron chi connectivity index (χ0n) is 10.9. The molecule has 4 heteroatoms. The highest BCUT2D eigenvalue weighted by Gasteiger charge is 2.12. The Bertz CT molecular complexity index is 414. The molecule has 0 bridgehead atoms. The molecule has 1 aromatic rings. The Labute approximate surface area is 109 Å². The lowest BCUT2D eigenvalue weighted by Crippen LogP contribution is -2.26. The molecule has 1 aliphatic rings. The van der Waals surface area contributed by atoms with Crippen LogP contribution in [0.2, 0.25) is 0 Å². The average molecular weight is 246 g/mol. The number of hydrogen-bond acceptors (Lipinski definition) is 4. The standard InChI is InChI=1S/C14H22N4/c1-16-7-8-17-14-4-2-3-12-11-18(10-6-15)9-5-13(12)14/h2-5,9,16-17H,6-8,10-11,15H2,1H3. The highest BCUT2D eigenvalue weighted by atomic mass is 15.1. The van der Waals surface area contributed by atoms with Crippen molar-refractivity contribution in [3.63, 3.8) is 0 Å². The number of likely N-dealkylation sites (N-methyl/N-ethyl adjacent to an activating group) is 1. The first-order valence-corrected chi connectivity index (χ1v) is 6.48.